The molecule has 4 rings (SSSR count). The average molecular weight is 378 g/mol. The Labute approximate surface area is 161 Å². The predicted molar refractivity (Wildman–Crippen MR) is 103 cm³/mol. The highest BCUT2D eigenvalue weighted by atomic mass is 16.7. The molecule has 0 spiro atoms. The van der Waals surface area contributed by atoms with E-state index in [2.05, 4.69) is 20.6 Å². The molecule has 0 radical (unpaired) electrons. The van der Waals surface area contributed by atoms with Crippen LogP contribution in [0.3, 0.4) is 0 Å². The number of aromatic nitrogens is 2. The number of hydrogen-bond donors (Lipinski definition) is 2. The molecule has 1 amide bonds. The second-order valence-electron chi connectivity index (χ2n) is 5.89. The Kier molecular flexibility index (Phi) is 4.92. The molecule has 0 saturated heterocycles. The van der Waals surface area contributed by atoms with Crippen LogP contribution in [0.25, 0.3) is 0 Å². The lowest BCUT2D eigenvalue weighted by Crippen LogP contribution is -2.14. The average Bonchev–Trinajstić information content (AvgIpc) is 3.18. The first-order valence-corrected chi connectivity index (χ1v) is 8.74. The van der Waals surface area contributed by atoms with Gasteiger partial charge in [-0.25, -0.2) is 9.97 Å². The molecule has 0 saturated carbocycles. The zero-order valence-electron chi connectivity index (χ0n) is 15.1. The normalized spacial score (nSPS) is 11.8. The minimum absolute atomic E-state index is 0.180. The maximum atomic E-state index is 12.5. The van der Waals surface area contributed by atoms with E-state index in [-0.39, 0.29) is 18.4 Å². The number of rotatable bonds is 6. The van der Waals surface area contributed by atoms with Crippen LogP contribution in [0.15, 0.2) is 54.9 Å². The number of amides is 1. The Morgan fingerprint density at radius 1 is 1.04 bits per heavy atom. The summed E-state index contributed by atoms with van der Waals surface area (Å²) in [6.45, 7) is 2.73. The van der Waals surface area contributed by atoms with E-state index in [0.29, 0.717) is 29.6 Å². The van der Waals surface area contributed by atoms with Crippen molar-refractivity contribution >= 4 is 23.1 Å². The van der Waals surface area contributed by atoms with Crippen molar-refractivity contribution in [2.24, 2.45) is 0 Å². The van der Waals surface area contributed by atoms with Crippen LogP contribution in [0.2, 0.25) is 0 Å². The molecule has 0 unspecified atom stereocenters. The van der Waals surface area contributed by atoms with E-state index in [1.165, 1.54) is 6.33 Å². The van der Waals surface area contributed by atoms with Crippen LogP contribution in [0.1, 0.15) is 17.4 Å². The molecular weight excluding hydrogens is 360 g/mol. The number of carbonyl (C=O) groups is 1. The largest absolute Gasteiger partial charge is 0.494 e. The molecule has 0 bridgehead atoms. The van der Waals surface area contributed by atoms with Crippen LogP contribution in [-0.2, 0) is 0 Å². The Balaban J connectivity index is 1.44. The summed E-state index contributed by atoms with van der Waals surface area (Å²) in [5.74, 6) is 2.20. The molecule has 28 heavy (non-hydrogen) atoms. The van der Waals surface area contributed by atoms with Crippen LogP contribution in [-0.4, -0.2) is 29.3 Å². The topological polar surface area (TPSA) is 94.6 Å². The standard InChI is InChI=1S/C20H18N4O4/c1-2-26-15-6-3-13(4-7-15)23-19-10-16(21-11-22-19)20(25)24-14-5-8-17-18(9-14)28-12-27-17/h3-11H,2,12H2,1H3,(H,24,25)(H,21,22,23). The molecule has 3 aromatic rings. The molecule has 8 heteroatoms. The number of fused-ring (bicyclic) bond motifs is 1. The van der Waals surface area contributed by atoms with Gasteiger partial charge in [0, 0.05) is 23.5 Å². The molecule has 1 aliphatic heterocycles. The fourth-order valence-electron chi connectivity index (χ4n) is 2.67. The van der Waals surface area contributed by atoms with Crippen molar-refractivity contribution < 1.29 is 19.0 Å². The van der Waals surface area contributed by atoms with Crippen molar-refractivity contribution in [3.05, 3.63) is 60.6 Å². The number of benzene rings is 2. The van der Waals surface area contributed by atoms with Gasteiger partial charge < -0.3 is 24.8 Å². The number of carbonyl (C=O) groups excluding carboxylic acids is 1. The fourth-order valence-corrected chi connectivity index (χ4v) is 2.67. The lowest BCUT2D eigenvalue weighted by atomic mass is 10.2. The van der Waals surface area contributed by atoms with Crippen molar-refractivity contribution in [3.8, 4) is 17.2 Å². The Morgan fingerprint density at radius 2 is 1.82 bits per heavy atom. The summed E-state index contributed by atoms with van der Waals surface area (Å²) in [6.07, 6.45) is 1.34. The first-order valence-electron chi connectivity index (χ1n) is 8.74. The summed E-state index contributed by atoms with van der Waals surface area (Å²) in [4.78, 5) is 20.7. The van der Waals surface area contributed by atoms with Gasteiger partial charge in [0.05, 0.1) is 6.61 Å². The minimum atomic E-state index is -0.351. The number of nitrogens with zero attached hydrogens (tertiary/aromatic N) is 2. The van der Waals surface area contributed by atoms with E-state index in [0.717, 1.165) is 11.4 Å². The third-order valence-corrected chi connectivity index (χ3v) is 3.97. The van der Waals surface area contributed by atoms with Gasteiger partial charge in [0.15, 0.2) is 11.5 Å². The molecule has 2 N–H and O–H groups in total. The number of hydrogen-bond acceptors (Lipinski definition) is 7. The van der Waals surface area contributed by atoms with Gasteiger partial charge in [-0.2, -0.15) is 0 Å². The summed E-state index contributed by atoms with van der Waals surface area (Å²) in [5, 5.41) is 5.93. The summed E-state index contributed by atoms with van der Waals surface area (Å²) in [5.41, 5.74) is 1.65. The van der Waals surface area contributed by atoms with Crippen molar-refractivity contribution in [3.63, 3.8) is 0 Å². The van der Waals surface area contributed by atoms with Gasteiger partial charge in [0.25, 0.3) is 5.91 Å². The van der Waals surface area contributed by atoms with Crippen LogP contribution in [0.4, 0.5) is 17.2 Å². The quantitative estimate of drug-likeness (QED) is 0.677. The van der Waals surface area contributed by atoms with Crippen LogP contribution >= 0.6 is 0 Å². The molecule has 1 aliphatic rings. The number of anilines is 3. The number of ether oxygens (including phenoxy) is 3. The van der Waals surface area contributed by atoms with E-state index in [4.69, 9.17) is 14.2 Å². The van der Waals surface area contributed by atoms with Crippen molar-refractivity contribution in [1.82, 2.24) is 9.97 Å². The van der Waals surface area contributed by atoms with Gasteiger partial charge in [0.1, 0.15) is 23.6 Å². The van der Waals surface area contributed by atoms with Crippen LogP contribution in [0, 0.1) is 0 Å². The van der Waals surface area contributed by atoms with Crippen LogP contribution in [0.5, 0.6) is 17.2 Å². The summed E-state index contributed by atoms with van der Waals surface area (Å²) in [6, 6.07) is 14.3. The first kappa shape index (κ1) is 17.6. The fraction of sp³-hybridized carbons (Fsp3) is 0.150. The smallest absolute Gasteiger partial charge is 0.274 e. The van der Waals surface area contributed by atoms with E-state index < -0.39 is 0 Å². The zero-order valence-corrected chi connectivity index (χ0v) is 15.1. The Hall–Kier alpha value is -3.81. The maximum Gasteiger partial charge on any atom is 0.274 e. The van der Waals surface area contributed by atoms with Crippen LogP contribution < -0.4 is 24.8 Å². The molecule has 8 nitrogen and oxygen atoms in total. The highest BCUT2D eigenvalue weighted by Gasteiger charge is 2.15. The third kappa shape index (κ3) is 3.96. The second-order valence-corrected chi connectivity index (χ2v) is 5.89. The van der Waals surface area contributed by atoms with Gasteiger partial charge in [-0.3, -0.25) is 4.79 Å². The van der Waals surface area contributed by atoms with Gasteiger partial charge >= 0.3 is 0 Å². The van der Waals surface area contributed by atoms with Gasteiger partial charge in [0.2, 0.25) is 6.79 Å². The van der Waals surface area contributed by atoms with E-state index in [1.807, 2.05) is 31.2 Å². The van der Waals surface area contributed by atoms with E-state index in [1.54, 1.807) is 24.3 Å². The highest BCUT2D eigenvalue weighted by molar-refractivity contribution is 6.03. The van der Waals surface area contributed by atoms with Crippen molar-refractivity contribution in [2.75, 3.05) is 24.0 Å². The molecule has 0 fully saturated rings. The third-order valence-electron chi connectivity index (χ3n) is 3.97. The SMILES string of the molecule is CCOc1ccc(Nc2cc(C(=O)Nc3ccc4c(c3)OCO4)ncn2)cc1. The minimum Gasteiger partial charge on any atom is -0.494 e. The lowest BCUT2D eigenvalue weighted by molar-refractivity contribution is 0.102. The molecule has 2 aromatic carbocycles. The molecule has 0 atom stereocenters. The predicted octanol–water partition coefficient (Wildman–Crippen LogP) is 3.60. The van der Waals surface area contributed by atoms with E-state index in [9.17, 15) is 4.79 Å². The monoisotopic (exact) mass is 378 g/mol. The lowest BCUT2D eigenvalue weighted by Gasteiger charge is -2.09. The summed E-state index contributed by atoms with van der Waals surface area (Å²) < 4.78 is 16.0. The van der Waals surface area contributed by atoms with Crippen molar-refractivity contribution in [2.45, 2.75) is 6.92 Å². The Bertz CT molecular complexity index is 992. The van der Waals surface area contributed by atoms with Gasteiger partial charge in [-0.05, 0) is 43.3 Å². The summed E-state index contributed by atoms with van der Waals surface area (Å²) in [7, 11) is 0. The van der Waals surface area contributed by atoms with Gasteiger partial charge in [-0.15, -0.1) is 0 Å². The first-order chi connectivity index (χ1) is 13.7. The van der Waals surface area contributed by atoms with Crippen molar-refractivity contribution in [1.29, 1.82) is 0 Å². The van der Waals surface area contributed by atoms with Gasteiger partial charge in [-0.1, -0.05) is 0 Å². The maximum absolute atomic E-state index is 12.5. The van der Waals surface area contributed by atoms with E-state index >= 15 is 0 Å². The molecule has 0 aliphatic carbocycles. The molecule has 142 valence electrons. The second kappa shape index (κ2) is 7.83. The molecule has 1 aromatic heterocycles. The number of nitrogens with one attached hydrogen (secondary N) is 2. The zero-order chi connectivity index (χ0) is 19.3. The summed E-state index contributed by atoms with van der Waals surface area (Å²) >= 11 is 0. The Morgan fingerprint density at radius 3 is 2.64 bits per heavy atom. The highest BCUT2D eigenvalue weighted by Crippen LogP contribution is 2.34. The molecule has 2 heterocycles. The molecular formula is C20H18N4O4.